The molecule has 0 spiro atoms. The van der Waals surface area contributed by atoms with Crippen LogP contribution >= 0.6 is 0 Å². The van der Waals surface area contributed by atoms with Crippen molar-refractivity contribution in [3.05, 3.63) is 0 Å². The van der Waals surface area contributed by atoms with E-state index in [0.29, 0.717) is 0 Å². The van der Waals surface area contributed by atoms with Crippen LogP contribution in [0.25, 0.3) is 0 Å². The first-order valence-corrected chi connectivity index (χ1v) is 8.32. The van der Waals surface area contributed by atoms with E-state index in [1.807, 2.05) is 41.5 Å². The molecule has 0 aliphatic carbocycles. The maximum atomic E-state index is 11.0. The Morgan fingerprint density at radius 1 is 1.00 bits per heavy atom. The summed E-state index contributed by atoms with van der Waals surface area (Å²) in [6.07, 6.45) is 1.65. The molecule has 0 amide bonds. The van der Waals surface area contributed by atoms with Gasteiger partial charge in [0.1, 0.15) is 0 Å². The Labute approximate surface area is 124 Å². The van der Waals surface area contributed by atoms with Gasteiger partial charge in [-0.25, -0.2) is 0 Å². The normalized spacial score (nSPS) is 12.4. The lowest BCUT2D eigenvalue weighted by atomic mass is 9.91. The highest BCUT2D eigenvalue weighted by molar-refractivity contribution is 7.86. The Balaban J connectivity index is 0. The van der Waals surface area contributed by atoms with Gasteiger partial charge in [0.15, 0.2) is 0 Å². The third-order valence-electron chi connectivity index (χ3n) is 3.40. The predicted octanol–water partition coefficient (Wildman–Crippen LogP) is 2.99. The molecule has 0 aromatic heterocycles. The zero-order chi connectivity index (χ0) is 16.6. The number of hydrogen-bond acceptors (Lipinski definition) is 5. The fraction of sp³-hybridized carbons (Fsp3) is 0.929. The van der Waals surface area contributed by atoms with Gasteiger partial charge in [0, 0.05) is 0 Å². The molecule has 0 saturated carbocycles. The van der Waals surface area contributed by atoms with Crippen LogP contribution in [0.2, 0.25) is 0 Å². The summed E-state index contributed by atoms with van der Waals surface area (Å²) < 4.78 is 30.8. The van der Waals surface area contributed by atoms with Crippen LogP contribution < -0.4 is 0 Å². The summed E-state index contributed by atoms with van der Waals surface area (Å²) >= 11 is 0. The molecule has 0 aromatic carbocycles. The molecule has 0 aliphatic heterocycles. The molecule has 0 saturated heterocycles. The maximum Gasteiger partial charge on any atom is 0.311 e. The van der Waals surface area contributed by atoms with Crippen LogP contribution in [0, 0.1) is 10.8 Å². The molecule has 0 aliphatic rings. The highest BCUT2D eigenvalue weighted by atomic mass is 32.2. The molecule has 0 fully saturated rings. The fourth-order valence-corrected chi connectivity index (χ4v) is 2.34. The molecule has 6 heteroatoms. The summed E-state index contributed by atoms with van der Waals surface area (Å²) in [6, 6.07) is 0. The average Bonchev–Trinajstić information content (AvgIpc) is 2.37. The van der Waals surface area contributed by atoms with Crippen LogP contribution in [0.15, 0.2) is 0 Å². The summed E-state index contributed by atoms with van der Waals surface area (Å²) in [7, 11) is -0.677. The summed E-state index contributed by atoms with van der Waals surface area (Å²) in [6.45, 7) is 11.5. The molecule has 0 rings (SSSR count). The molecular weight excluding hydrogens is 280 g/mol. The van der Waals surface area contributed by atoms with Crippen molar-refractivity contribution in [3.8, 4) is 0 Å². The van der Waals surface area contributed by atoms with Gasteiger partial charge < -0.3 is 4.74 Å². The number of methoxy groups -OCH3 is 1. The van der Waals surface area contributed by atoms with Crippen molar-refractivity contribution in [1.82, 2.24) is 0 Å². The van der Waals surface area contributed by atoms with Crippen LogP contribution in [0.4, 0.5) is 0 Å². The first-order chi connectivity index (χ1) is 8.87. The van der Waals surface area contributed by atoms with E-state index in [0.717, 1.165) is 12.8 Å². The highest BCUT2D eigenvalue weighted by Gasteiger charge is 2.25. The molecule has 0 unspecified atom stereocenters. The van der Waals surface area contributed by atoms with E-state index in [4.69, 9.17) is 0 Å². The lowest BCUT2D eigenvalue weighted by Crippen LogP contribution is -2.24. The zero-order valence-electron chi connectivity index (χ0n) is 14.1. The smallest absolute Gasteiger partial charge is 0.311 e. The fourth-order valence-electron chi connectivity index (χ4n) is 1.06. The standard InChI is InChI=1S/C7H16O3S.C7H14O2/c1-5-7(2,3)6-11(8,9)10-4;1-5-7(2,3)6(8)9-4/h5-6H2,1-4H3;5H2,1-4H3. The lowest BCUT2D eigenvalue weighted by molar-refractivity contribution is -0.150. The van der Waals surface area contributed by atoms with Gasteiger partial charge >= 0.3 is 5.97 Å². The second-order valence-electron chi connectivity index (χ2n) is 6.12. The van der Waals surface area contributed by atoms with Crippen molar-refractivity contribution < 1.29 is 22.1 Å². The average molecular weight is 310 g/mol. The summed E-state index contributed by atoms with van der Waals surface area (Å²) in [4.78, 5) is 10.8. The van der Waals surface area contributed by atoms with E-state index >= 15 is 0 Å². The monoisotopic (exact) mass is 310 g/mol. The second-order valence-corrected chi connectivity index (χ2v) is 7.85. The Kier molecular flexibility index (Phi) is 9.34. The minimum atomic E-state index is -3.29. The number of rotatable bonds is 6. The van der Waals surface area contributed by atoms with Crippen LogP contribution in [-0.2, 0) is 23.8 Å². The van der Waals surface area contributed by atoms with Crippen molar-refractivity contribution in [2.45, 2.75) is 54.4 Å². The lowest BCUT2D eigenvalue weighted by Gasteiger charge is -2.20. The second kappa shape index (κ2) is 8.62. The number of ether oxygens (including phenoxy) is 1. The number of carbonyl (C=O) groups is 1. The van der Waals surface area contributed by atoms with E-state index in [1.165, 1.54) is 14.2 Å². The van der Waals surface area contributed by atoms with Gasteiger partial charge in [-0.05, 0) is 32.1 Å². The number of hydrogen-bond donors (Lipinski definition) is 0. The van der Waals surface area contributed by atoms with Gasteiger partial charge in [-0.1, -0.05) is 27.7 Å². The van der Waals surface area contributed by atoms with Gasteiger partial charge in [-0.15, -0.1) is 0 Å². The van der Waals surface area contributed by atoms with Gasteiger partial charge in [-0.3, -0.25) is 8.98 Å². The summed E-state index contributed by atoms with van der Waals surface area (Å²) in [5, 5.41) is 0. The van der Waals surface area contributed by atoms with Crippen molar-refractivity contribution in [2.75, 3.05) is 20.0 Å². The molecule has 20 heavy (non-hydrogen) atoms. The van der Waals surface area contributed by atoms with E-state index in [-0.39, 0.29) is 22.6 Å². The van der Waals surface area contributed by atoms with E-state index in [2.05, 4.69) is 8.92 Å². The van der Waals surface area contributed by atoms with Crippen LogP contribution in [-0.4, -0.2) is 34.4 Å². The summed E-state index contributed by atoms with van der Waals surface area (Å²) in [5.74, 6) is -0.0440. The van der Waals surface area contributed by atoms with Gasteiger partial charge in [0.05, 0.1) is 25.4 Å². The third-order valence-corrected chi connectivity index (χ3v) is 5.04. The minimum absolute atomic E-state index is 0.0903. The van der Waals surface area contributed by atoms with Crippen LogP contribution in [0.1, 0.15) is 54.4 Å². The number of esters is 1. The predicted molar refractivity (Wildman–Crippen MR) is 81.0 cm³/mol. The van der Waals surface area contributed by atoms with E-state index in [9.17, 15) is 13.2 Å². The van der Waals surface area contributed by atoms with Crippen LogP contribution in [0.3, 0.4) is 0 Å². The Bertz CT molecular complexity index is 382. The molecule has 0 bridgehead atoms. The molecule has 0 radical (unpaired) electrons. The maximum absolute atomic E-state index is 11.0. The molecule has 0 heterocycles. The first kappa shape index (κ1) is 21.7. The van der Waals surface area contributed by atoms with Crippen LogP contribution in [0.5, 0.6) is 0 Å². The molecule has 0 aromatic rings. The Morgan fingerprint density at radius 2 is 1.45 bits per heavy atom. The quantitative estimate of drug-likeness (QED) is 0.557. The van der Waals surface area contributed by atoms with Gasteiger partial charge in [-0.2, -0.15) is 8.42 Å². The van der Waals surface area contributed by atoms with Crippen molar-refractivity contribution >= 4 is 16.1 Å². The zero-order valence-corrected chi connectivity index (χ0v) is 14.9. The van der Waals surface area contributed by atoms with Gasteiger partial charge in [0.2, 0.25) is 0 Å². The minimum Gasteiger partial charge on any atom is -0.469 e. The largest absolute Gasteiger partial charge is 0.469 e. The third kappa shape index (κ3) is 9.31. The van der Waals surface area contributed by atoms with E-state index < -0.39 is 10.1 Å². The van der Waals surface area contributed by atoms with Crippen molar-refractivity contribution in [1.29, 1.82) is 0 Å². The molecule has 0 atom stereocenters. The molecular formula is C14H30O5S. The summed E-state index contributed by atoms with van der Waals surface area (Å²) in [5.41, 5.74) is -0.496. The Hall–Kier alpha value is -0.620. The SMILES string of the molecule is CCC(C)(C)C(=O)OC.CCC(C)(C)CS(=O)(=O)OC. The topological polar surface area (TPSA) is 69.7 Å². The number of carbonyl (C=O) groups excluding carboxylic acids is 1. The van der Waals surface area contributed by atoms with E-state index in [1.54, 1.807) is 0 Å². The first-order valence-electron chi connectivity index (χ1n) is 6.74. The molecule has 122 valence electrons. The van der Waals surface area contributed by atoms with Gasteiger partial charge in [0.25, 0.3) is 10.1 Å². The highest BCUT2D eigenvalue weighted by Crippen LogP contribution is 2.22. The molecule has 5 nitrogen and oxygen atoms in total. The van der Waals surface area contributed by atoms with Crippen molar-refractivity contribution in [2.24, 2.45) is 10.8 Å². The Morgan fingerprint density at radius 3 is 1.65 bits per heavy atom. The van der Waals surface area contributed by atoms with Crippen molar-refractivity contribution in [3.63, 3.8) is 0 Å². The molecule has 0 N–H and O–H groups in total.